The molecule has 1 amide bonds. The van der Waals surface area contributed by atoms with E-state index in [1.54, 1.807) is 24.4 Å². The average molecular weight is 369 g/mol. The lowest BCUT2D eigenvalue weighted by Crippen LogP contribution is -2.47. The molecule has 0 unspecified atom stereocenters. The van der Waals surface area contributed by atoms with Crippen LogP contribution >= 0.6 is 0 Å². The third-order valence-electron chi connectivity index (χ3n) is 4.99. The molecule has 0 aromatic carbocycles. The van der Waals surface area contributed by atoms with E-state index in [1.807, 2.05) is 13.0 Å². The summed E-state index contributed by atoms with van der Waals surface area (Å²) in [4.78, 5) is 14.3. The molecule has 140 valence electrons. The van der Waals surface area contributed by atoms with Crippen LogP contribution in [-0.2, 0) is 21.5 Å². The molecule has 0 spiro atoms. The lowest BCUT2D eigenvalue weighted by Gasteiger charge is -2.31. The number of rotatable bonds is 4. The van der Waals surface area contributed by atoms with Crippen LogP contribution in [0.25, 0.3) is 0 Å². The molecule has 2 aliphatic heterocycles. The van der Waals surface area contributed by atoms with Crippen molar-refractivity contribution in [3.8, 4) is 0 Å². The summed E-state index contributed by atoms with van der Waals surface area (Å²) in [6, 6.07) is 1.86. The fraction of sp³-hybridized carbons (Fsp3) is 0.750. The van der Waals surface area contributed by atoms with E-state index in [9.17, 15) is 13.2 Å². The van der Waals surface area contributed by atoms with Gasteiger partial charge in [-0.3, -0.25) is 9.48 Å². The predicted molar refractivity (Wildman–Crippen MR) is 94.1 cm³/mol. The van der Waals surface area contributed by atoms with Crippen molar-refractivity contribution in [2.24, 2.45) is 0 Å². The summed E-state index contributed by atoms with van der Waals surface area (Å²) in [5.74, 6) is -0.0102. The maximum absolute atomic E-state index is 12.8. The second-order valence-corrected chi connectivity index (χ2v) is 8.66. The van der Waals surface area contributed by atoms with Gasteiger partial charge >= 0.3 is 0 Å². The van der Waals surface area contributed by atoms with Crippen molar-refractivity contribution in [2.45, 2.75) is 39.2 Å². The van der Waals surface area contributed by atoms with Crippen LogP contribution < -0.4 is 0 Å². The molecule has 2 fully saturated rings. The van der Waals surface area contributed by atoms with Crippen molar-refractivity contribution in [3.63, 3.8) is 0 Å². The second-order valence-electron chi connectivity index (χ2n) is 6.73. The second kappa shape index (κ2) is 7.84. The van der Waals surface area contributed by atoms with Crippen molar-refractivity contribution >= 4 is 16.1 Å². The zero-order valence-electron chi connectivity index (χ0n) is 14.8. The largest absolute Gasteiger partial charge is 0.340 e. The average Bonchev–Trinajstić information content (AvgIpc) is 2.87. The number of nitrogens with zero attached hydrogens (tertiary/aromatic N) is 5. The van der Waals surface area contributed by atoms with E-state index in [1.165, 1.54) is 0 Å². The lowest BCUT2D eigenvalue weighted by molar-refractivity contribution is -0.131. The van der Waals surface area contributed by atoms with Crippen molar-refractivity contribution in [1.29, 1.82) is 0 Å². The van der Waals surface area contributed by atoms with Gasteiger partial charge in [-0.2, -0.15) is 22.1 Å². The van der Waals surface area contributed by atoms with Gasteiger partial charge in [-0.05, 0) is 32.3 Å². The van der Waals surface area contributed by atoms with Crippen LogP contribution in [0.2, 0.25) is 0 Å². The first-order chi connectivity index (χ1) is 12.0. The van der Waals surface area contributed by atoms with E-state index >= 15 is 0 Å². The molecular weight excluding hydrogens is 342 g/mol. The first kappa shape index (κ1) is 18.3. The van der Waals surface area contributed by atoms with Gasteiger partial charge in [0, 0.05) is 51.2 Å². The van der Waals surface area contributed by atoms with Crippen LogP contribution in [0.1, 0.15) is 31.4 Å². The Bertz CT molecular complexity index is 696. The maximum Gasteiger partial charge on any atom is 0.282 e. The molecule has 0 saturated carbocycles. The normalized spacial score (nSPS) is 21.2. The Kier molecular flexibility index (Phi) is 5.75. The molecule has 2 saturated heterocycles. The Morgan fingerprint density at radius 2 is 1.68 bits per heavy atom. The summed E-state index contributed by atoms with van der Waals surface area (Å²) in [6.07, 6.45) is 5.30. The first-order valence-corrected chi connectivity index (χ1v) is 10.4. The molecule has 3 rings (SSSR count). The molecule has 25 heavy (non-hydrogen) atoms. The minimum atomic E-state index is -3.40. The van der Waals surface area contributed by atoms with Crippen LogP contribution in [0.5, 0.6) is 0 Å². The number of aryl methyl sites for hydroxylation is 1. The Labute approximate surface area is 149 Å². The lowest BCUT2D eigenvalue weighted by atomic mass is 10.2. The van der Waals surface area contributed by atoms with Crippen LogP contribution in [0.4, 0.5) is 0 Å². The molecule has 0 N–H and O–H groups in total. The monoisotopic (exact) mass is 369 g/mol. The van der Waals surface area contributed by atoms with E-state index < -0.39 is 10.2 Å². The third-order valence-corrected chi connectivity index (χ3v) is 7.02. The summed E-state index contributed by atoms with van der Waals surface area (Å²) in [5.41, 5.74) is 0.942. The van der Waals surface area contributed by atoms with E-state index in [2.05, 4.69) is 5.10 Å². The molecule has 1 aromatic rings. The number of amides is 1. The van der Waals surface area contributed by atoms with Crippen molar-refractivity contribution in [1.82, 2.24) is 23.3 Å². The molecular formula is C16H27N5O3S. The minimum Gasteiger partial charge on any atom is -0.340 e. The topological polar surface area (TPSA) is 78.8 Å². The van der Waals surface area contributed by atoms with Crippen LogP contribution in [0.3, 0.4) is 0 Å². The van der Waals surface area contributed by atoms with Crippen LogP contribution in [0.15, 0.2) is 12.3 Å². The summed E-state index contributed by atoms with van der Waals surface area (Å²) in [5, 5.41) is 4.15. The van der Waals surface area contributed by atoms with Gasteiger partial charge in [-0.15, -0.1) is 0 Å². The number of hydrogen-bond donors (Lipinski definition) is 0. The SMILES string of the molecule is Cc1ccnn1CC(=O)N1CCCN(S(=O)(=O)N2CCCCC2)CC1. The van der Waals surface area contributed by atoms with E-state index in [0.717, 1.165) is 25.0 Å². The van der Waals surface area contributed by atoms with Gasteiger partial charge in [0.25, 0.3) is 10.2 Å². The molecule has 0 radical (unpaired) electrons. The molecule has 8 nitrogen and oxygen atoms in total. The van der Waals surface area contributed by atoms with Gasteiger partial charge in [0.2, 0.25) is 5.91 Å². The first-order valence-electron chi connectivity index (χ1n) is 9.00. The predicted octanol–water partition coefficient (Wildman–Crippen LogP) is 0.457. The molecule has 0 bridgehead atoms. The van der Waals surface area contributed by atoms with Gasteiger partial charge in [-0.1, -0.05) is 6.42 Å². The quantitative estimate of drug-likeness (QED) is 0.772. The Morgan fingerprint density at radius 1 is 1.00 bits per heavy atom. The molecule has 0 aliphatic carbocycles. The number of hydrogen-bond acceptors (Lipinski definition) is 4. The molecule has 1 aromatic heterocycles. The smallest absolute Gasteiger partial charge is 0.282 e. The van der Waals surface area contributed by atoms with Crippen molar-refractivity contribution in [2.75, 3.05) is 39.3 Å². The molecule has 9 heteroatoms. The standard InChI is InChI=1S/C16H27N5O3S/c1-15-6-7-17-21(15)14-16(22)18-8-5-11-20(13-12-18)25(23,24)19-9-3-2-4-10-19/h6-7H,2-5,8-14H2,1H3. The zero-order chi connectivity index (χ0) is 17.9. The van der Waals surface area contributed by atoms with Gasteiger partial charge < -0.3 is 4.90 Å². The van der Waals surface area contributed by atoms with Crippen LogP contribution in [-0.4, -0.2) is 76.9 Å². The summed E-state index contributed by atoms with van der Waals surface area (Å²) < 4.78 is 30.4. The summed E-state index contributed by atoms with van der Waals surface area (Å²) in [7, 11) is -3.40. The van der Waals surface area contributed by atoms with Crippen molar-refractivity contribution < 1.29 is 13.2 Å². The Balaban J connectivity index is 1.60. The van der Waals surface area contributed by atoms with Crippen molar-refractivity contribution in [3.05, 3.63) is 18.0 Å². The number of carbonyl (C=O) groups is 1. The summed E-state index contributed by atoms with van der Waals surface area (Å²) >= 11 is 0. The highest BCUT2D eigenvalue weighted by Crippen LogP contribution is 2.18. The Hall–Kier alpha value is -1.45. The van der Waals surface area contributed by atoms with Gasteiger partial charge in [-0.25, -0.2) is 0 Å². The number of aromatic nitrogens is 2. The molecule has 3 heterocycles. The highest BCUT2D eigenvalue weighted by Gasteiger charge is 2.32. The highest BCUT2D eigenvalue weighted by atomic mass is 32.2. The van der Waals surface area contributed by atoms with Gasteiger partial charge in [0.1, 0.15) is 6.54 Å². The van der Waals surface area contributed by atoms with E-state index in [0.29, 0.717) is 45.7 Å². The van der Waals surface area contributed by atoms with E-state index in [-0.39, 0.29) is 12.5 Å². The fourth-order valence-corrected chi connectivity index (χ4v) is 5.14. The van der Waals surface area contributed by atoms with E-state index in [4.69, 9.17) is 0 Å². The highest BCUT2D eigenvalue weighted by molar-refractivity contribution is 7.86. The van der Waals surface area contributed by atoms with Gasteiger partial charge in [0.05, 0.1) is 0 Å². The fourth-order valence-electron chi connectivity index (χ4n) is 3.43. The van der Waals surface area contributed by atoms with Crippen LogP contribution in [0, 0.1) is 6.92 Å². The number of piperidine rings is 1. The summed E-state index contributed by atoms with van der Waals surface area (Å²) in [6.45, 7) is 5.21. The Morgan fingerprint density at radius 3 is 2.36 bits per heavy atom. The van der Waals surface area contributed by atoms with Gasteiger partial charge in [0.15, 0.2) is 0 Å². The zero-order valence-corrected chi connectivity index (χ0v) is 15.6. The molecule has 2 aliphatic rings. The third kappa shape index (κ3) is 4.21. The molecule has 0 atom stereocenters. The maximum atomic E-state index is 12.8. The minimum absolute atomic E-state index is 0.0102. The number of carbonyl (C=O) groups excluding carboxylic acids is 1.